The summed E-state index contributed by atoms with van der Waals surface area (Å²) < 4.78 is 10.1. The van der Waals surface area contributed by atoms with E-state index in [0.717, 1.165) is 29.9 Å². The molecule has 2 N–H and O–H groups in total. The molecule has 11 heteroatoms. The van der Waals surface area contributed by atoms with Crippen LogP contribution in [0, 0.1) is 11.8 Å². The van der Waals surface area contributed by atoms with Gasteiger partial charge in [-0.3, -0.25) is 24.0 Å². The summed E-state index contributed by atoms with van der Waals surface area (Å²) in [5.74, 6) is -2.82. The number of esters is 1. The van der Waals surface area contributed by atoms with Crippen molar-refractivity contribution in [1.29, 1.82) is 0 Å². The smallest absolute Gasteiger partial charge is 0.408 e. The van der Waals surface area contributed by atoms with Crippen molar-refractivity contribution in [2.75, 3.05) is 13.2 Å². The molecule has 1 aromatic carbocycles. The van der Waals surface area contributed by atoms with Gasteiger partial charge in [-0.1, -0.05) is 36.8 Å². The lowest BCUT2D eigenvalue weighted by molar-refractivity contribution is -0.201. The van der Waals surface area contributed by atoms with E-state index in [-0.39, 0.29) is 55.8 Å². The van der Waals surface area contributed by atoms with E-state index in [2.05, 4.69) is 5.32 Å². The average Bonchev–Trinajstić information content (AvgIpc) is 3.17. The zero-order valence-corrected chi connectivity index (χ0v) is 20.2. The number of Topliss-reactive ketones (excluding diaryl/α,β-unsaturated/α-hetero) is 1. The van der Waals surface area contributed by atoms with Crippen LogP contribution in [-0.2, 0) is 40.1 Å². The van der Waals surface area contributed by atoms with Crippen LogP contribution >= 0.6 is 0 Å². The Morgan fingerprint density at radius 2 is 1.89 bits per heavy atom. The molecule has 1 aliphatic carbocycles. The van der Waals surface area contributed by atoms with E-state index in [1.54, 1.807) is 31.2 Å². The van der Waals surface area contributed by atoms with E-state index in [9.17, 15) is 29.1 Å². The van der Waals surface area contributed by atoms with Crippen molar-refractivity contribution >= 4 is 29.7 Å². The van der Waals surface area contributed by atoms with Crippen LogP contribution in [-0.4, -0.2) is 65.2 Å². The fraction of sp³-hybridized carbons (Fsp3) is 0.560. The largest absolute Gasteiger partial charge is 0.481 e. The van der Waals surface area contributed by atoms with E-state index in [1.165, 1.54) is 0 Å². The molecule has 196 valence electrons. The third-order valence-electron chi connectivity index (χ3n) is 6.42. The first kappa shape index (κ1) is 27.1. The number of nitrogens with one attached hydrogen (secondary N) is 1. The minimum Gasteiger partial charge on any atom is -0.481 e. The van der Waals surface area contributed by atoms with Crippen LogP contribution in [0.1, 0.15) is 51.0 Å². The number of hydrogen-bond acceptors (Lipinski definition) is 8. The van der Waals surface area contributed by atoms with Crippen molar-refractivity contribution in [3.05, 3.63) is 35.9 Å². The van der Waals surface area contributed by atoms with Crippen molar-refractivity contribution in [2.45, 2.75) is 64.1 Å². The molecule has 1 aliphatic heterocycles. The van der Waals surface area contributed by atoms with Crippen molar-refractivity contribution < 1.29 is 43.4 Å². The summed E-state index contributed by atoms with van der Waals surface area (Å²) in [5.41, 5.74) is 0.726. The van der Waals surface area contributed by atoms with E-state index < -0.39 is 36.9 Å². The zero-order valence-electron chi connectivity index (χ0n) is 20.2. The highest BCUT2D eigenvalue weighted by atomic mass is 16.7. The number of ketones is 1. The van der Waals surface area contributed by atoms with Gasteiger partial charge in [-0.05, 0) is 37.2 Å². The number of carbonyl (C=O) groups is 5. The molecule has 0 spiro atoms. The molecule has 0 bridgehead atoms. The molecule has 2 aliphatic rings. The summed E-state index contributed by atoms with van der Waals surface area (Å²) in [7, 11) is 0. The lowest BCUT2D eigenvalue weighted by Gasteiger charge is -2.37. The van der Waals surface area contributed by atoms with E-state index in [0.29, 0.717) is 0 Å². The molecule has 3 rings (SSSR count). The van der Waals surface area contributed by atoms with Crippen LogP contribution in [0.4, 0.5) is 4.79 Å². The van der Waals surface area contributed by atoms with E-state index in [4.69, 9.17) is 14.3 Å². The summed E-state index contributed by atoms with van der Waals surface area (Å²) in [4.78, 5) is 66.5. The first-order valence-corrected chi connectivity index (χ1v) is 12.1. The summed E-state index contributed by atoms with van der Waals surface area (Å²) >= 11 is 0. The highest BCUT2D eigenvalue weighted by molar-refractivity contribution is 5.91. The second-order valence-corrected chi connectivity index (χ2v) is 8.97. The molecule has 4 atom stereocenters. The monoisotopic (exact) mass is 504 g/mol. The Hall–Kier alpha value is -3.47. The highest BCUT2D eigenvalue weighted by Crippen LogP contribution is 2.42. The molecule has 0 radical (unpaired) electrons. The number of ether oxygens (including phenoxy) is 2. The Bertz CT molecular complexity index is 952. The molecular weight excluding hydrogens is 472 g/mol. The quantitative estimate of drug-likeness (QED) is 0.409. The number of carboxylic acid groups (broad SMARTS) is 1. The van der Waals surface area contributed by atoms with Crippen molar-refractivity contribution in [2.24, 2.45) is 11.8 Å². The van der Waals surface area contributed by atoms with Crippen molar-refractivity contribution in [3.8, 4) is 0 Å². The molecule has 1 saturated carbocycles. The summed E-state index contributed by atoms with van der Waals surface area (Å²) in [6.45, 7) is 1.32. The summed E-state index contributed by atoms with van der Waals surface area (Å²) in [6, 6.07) is 7.09. The maximum atomic E-state index is 12.8. The maximum absolute atomic E-state index is 12.8. The number of alkyl carbamates (subject to hydrolysis) is 1. The van der Waals surface area contributed by atoms with Crippen LogP contribution in [0.3, 0.4) is 0 Å². The van der Waals surface area contributed by atoms with Crippen LogP contribution in [0.15, 0.2) is 30.3 Å². The van der Waals surface area contributed by atoms with Gasteiger partial charge in [-0.15, -0.1) is 0 Å². The highest BCUT2D eigenvalue weighted by Gasteiger charge is 2.47. The number of benzene rings is 1. The number of aliphatic carboxylic acids is 1. The van der Waals surface area contributed by atoms with Gasteiger partial charge in [0.25, 0.3) is 0 Å². The van der Waals surface area contributed by atoms with Gasteiger partial charge in [0.05, 0.1) is 25.5 Å². The fourth-order valence-electron chi connectivity index (χ4n) is 4.83. The Morgan fingerprint density at radius 3 is 2.58 bits per heavy atom. The number of hydrogen-bond donors (Lipinski definition) is 2. The van der Waals surface area contributed by atoms with Crippen LogP contribution in [0.25, 0.3) is 0 Å². The predicted octanol–water partition coefficient (Wildman–Crippen LogP) is 2.23. The van der Waals surface area contributed by atoms with Crippen LogP contribution in [0.2, 0.25) is 0 Å². The Kier molecular flexibility index (Phi) is 9.80. The second kappa shape index (κ2) is 13.0. The second-order valence-electron chi connectivity index (χ2n) is 8.97. The molecule has 36 heavy (non-hydrogen) atoms. The molecule has 2 amide bonds. The van der Waals surface area contributed by atoms with Gasteiger partial charge >= 0.3 is 18.0 Å². The van der Waals surface area contributed by atoms with E-state index >= 15 is 0 Å². The molecule has 1 heterocycles. The van der Waals surface area contributed by atoms with Gasteiger partial charge in [0, 0.05) is 6.42 Å². The molecule has 1 saturated heterocycles. The third kappa shape index (κ3) is 7.51. The van der Waals surface area contributed by atoms with Gasteiger partial charge in [-0.2, -0.15) is 0 Å². The van der Waals surface area contributed by atoms with Gasteiger partial charge < -0.3 is 19.9 Å². The lowest BCUT2D eigenvalue weighted by atomic mass is 9.76. The zero-order chi connectivity index (χ0) is 26.1. The summed E-state index contributed by atoms with van der Waals surface area (Å²) in [5, 5.41) is 12.6. The van der Waals surface area contributed by atoms with Gasteiger partial charge in [-0.25, -0.2) is 9.86 Å². The number of carboxylic acids is 1. The van der Waals surface area contributed by atoms with Gasteiger partial charge in [0.1, 0.15) is 19.3 Å². The van der Waals surface area contributed by atoms with Crippen LogP contribution in [0.5, 0.6) is 0 Å². The van der Waals surface area contributed by atoms with Crippen molar-refractivity contribution in [3.63, 3.8) is 0 Å². The average molecular weight is 505 g/mol. The molecule has 0 aromatic heterocycles. The van der Waals surface area contributed by atoms with E-state index in [1.807, 2.05) is 6.07 Å². The minimum absolute atomic E-state index is 0.00156. The maximum Gasteiger partial charge on any atom is 0.408 e. The molecule has 1 aromatic rings. The lowest BCUT2D eigenvalue weighted by Crippen LogP contribution is -2.47. The van der Waals surface area contributed by atoms with Crippen molar-refractivity contribution in [1.82, 2.24) is 10.4 Å². The number of fused-ring (bicyclic) bond motifs is 1. The predicted molar refractivity (Wildman–Crippen MR) is 124 cm³/mol. The first-order valence-electron chi connectivity index (χ1n) is 12.1. The number of nitrogens with zero attached hydrogens (tertiary/aromatic N) is 1. The number of hydroxylamine groups is 2. The molecule has 11 nitrogen and oxygen atoms in total. The minimum atomic E-state index is -1.40. The number of carbonyl (C=O) groups excluding carboxylic acids is 4. The Morgan fingerprint density at radius 1 is 1.14 bits per heavy atom. The number of rotatable bonds is 12. The van der Waals surface area contributed by atoms with Gasteiger partial charge in [0.15, 0.2) is 5.78 Å². The number of amides is 2. The first-order chi connectivity index (χ1) is 17.3. The molecule has 4 unspecified atom stereocenters. The normalized spacial score (nSPS) is 21.9. The molecular formula is C25H32N2O9. The SMILES string of the molecule is CCOC(=O)CC1CCCC2CC(=O)N(OCC(=O)C(CC(=O)O)NC(=O)OCc3ccccc3)C12. The summed E-state index contributed by atoms with van der Waals surface area (Å²) in [6.07, 6.45) is 1.18. The molecule has 2 fully saturated rings. The standard InChI is InChI=1S/C25H32N2O9/c1-2-34-23(32)12-18-10-6-9-17-11-21(29)27(24(17)18)36-15-20(28)19(13-22(30)31)26-25(33)35-14-16-7-4-3-5-8-16/h3-5,7-8,17-19,24H,2,6,9-15H2,1H3,(H,26,33)(H,30,31). The fourth-order valence-corrected chi connectivity index (χ4v) is 4.83. The third-order valence-corrected chi connectivity index (χ3v) is 6.42. The van der Waals surface area contributed by atoms with Gasteiger partial charge in [0.2, 0.25) is 5.91 Å². The topological polar surface area (TPSA) is 149 Å². The Labute approximate surface area is 209 Å². The van der Waals surface area contributed by atoms with Crippen LogP contribution < -0.4 is 5.32 Å². The Balaban J connectivity index is 1.59.